The number of hydrogen-bond donors (Lipinski definition) is 2. The fourth-order valence-electron chi connectivity index (χ4n) is 2.49. The number of carbonyl (C=O) groups is 1. The van der Waals surface area contributed by atoms with E-state index < -0.39 is 0 Å². The third-order valence-electron chi connectivity index (χ3n) is 3.75. The zero-order valence-electron chi connectivity index (χ0n) is 11.0. The minimum atomic E-state index is 0.134. The molecule has 98 valence electrons. The van der Waals surface area contributed by atoms with Crippen molar-refractivity contribution >= 4 is 11.6 Å². The highest BCUT2D eigenvalue weighted by Gasteiger charge is 2.24. The predicted molar refractivity (Wildman–Crippen MR) is 74.4 cm³/mol. The summed E-state index contributed by atoms with van der Waals surface area (Å²) < 4.78 is 0. The van der Waals surface area contributed by atoms with Gasteiger partial charge in [0, 0.05) is 17.6 Å². The van der Waals surface area contributed by atoms with Crippen molar-refractivity contribution in [3.8, 4) is 0 Å². The summed E-state index contributed by atoms with van der Waals surface area (Å²) in [5, 5.41) is 3.02. The quantitative estimate of drug-likeness (QED) is 0.861. The van der Waals surface area contributed by atoms with Gasteiger partial charge in [-0.25, -0.2) is 0 Å². The smallest absolute Gasteiger partial charge is 0.227 e. The van der Waals surface area contributed by atoms with Crippen molar-refractivity contribution in [3.05, 3.63) is 29.8 Å². The maximum absolute atomic E-state index is 12.1. The second-order valence-electron chi connectivity index (χ2n) is 5.15. The molecule has 1 saturated carbocycles. The van der Waals surface area contributed by atoms with E-state index in [1.807, 2.05) is 18.2 Å². The molecule has 1 fully saturated rings. The van der Waals surface area contributed by atoms with E-state index in [4.69, 9.17) is 5.73 Å². The monoisotopic (exact) mass is 246 g/mol. The molecule has 2 rings (SSSR count). The molecule has 3 nitrogen and oxygen atoms in total. The first kappa shape index (κ1) is 13.1. The Kier molecular flexibility index (Phi) is 4.37. The summed E-state index contributed by atoms with van der Waals surface area (Å²) in [5.41, 5.74) is 8.02. The van der Waals surface area contributed by atoms with Crippen LogP contribution in [0.5, 0.6) is 0 Å². The van der Waals surface area contributed by atoms with E-state index >= 15 is 0 Å². The van der Waals surface area contributed by atoms with Gasteiger partial charge in [0.1, 0.15) is 0 Å². The molecule has 1 aliphatic rings. The standard InChI is InChI=1S/C15H22N2O/c1-2-11-4-3-5-14(10-11)17-15(18)12-6-8-13(16)9-7-12/h3-5,10,12-13H,2,6-9,16H2,1H3,(H,17,18). The summed E-state index contributed by atoms with van der Waals surface area (Å²) in [4.78, 5) is 12.1. The van der Waals surface area contributed by atoms with E-state index in [2.05, 4.69) is 18.3 Å². The lowest BCUT2D eigenvalue weighted by Gasteiger charge is -2.25. The van der Waals surface area contributed by atoms with Gasteiger partial charge in [0.2, 0.25) is 5.91 Å². The molecule has 0 atom stereocenters. The highest BCUT2D eigenvalue weighted by atomic mass is 16.1. The van der Waals surface area contributed by atoms with E-state index in [-0.39, 0.29) is 17.9 Å². The minimum absolute atomic E-state index is 0.134. The molecule has 1 aromatic rings. The summed E-state index contributed by atoms with van der Waals surface area (Å²) in [6.07, 6.45) is 4.75. The summed E-state index contributed by atoms with van der Waals surface area (Å²) in [6.45, 7) is 2.11. The zero-order valence-corrected chi connectivity index (χ0v) is 11.0. The Morgan fingerprint density at radius 2 is 2.06 bits per heavy atom. The van der Waals surface area contributed by atoms with Gasteiger partial charge in [-0.1, -0.05) is 19.1 Å². The molecular weight excluding hydrogens is 224 g/mol. The van der Waals surface area contributed by atoms with Gasteiger partial charge in [0.25, 0.3) is 0 Å². The first-order valence-corrected chi connectivity index (χ1v) is 6.84. The van der Waals surface area contributed by atoms with Crippen molar-refractivity contribution in [1.82, 2.24) is 0 Å². The second kappa shape index (κ2) is 6.01. The maximum atomic E-state index is 12.1. The van der Waals surface area contributed by atoms with Crippen LogP contribution in [0.15, 0.2) is 24.3 Å². The summed E-state index contributed by atoms with van der Waals surface area (Å²) in [6, 6.07) is 8.36. The third-order valence-corrected chi connectivity index (χ3v) is 3.75. The molecule has 1 aliphatic carbocycles. The maximum Gasteiger partial charge on any atom is 0.227 e. The summed E-state index contributed by atoms with van der Waals surface area (Å²) >= 11 is 0. The van der Waals surface area contributed by atoms with Crippen molar-refractivity contribution in [2.75, 3.05) is 5.32 Å². The highest BCUT2D eigenvalue weighted by Crippen LogP contribution is 2.24. The van der Waals surface area contributed by atoms with Gasteiger partial charge in [-0.05, 0) is 49.8 Å². The fraction of sp³-hybridized carbons (Fsp3) is 0.533. The lowest BCUT2D eigenvalue weighted by Crippen LogP contribution is -2.32. The molecule has 0 radical (unpaired) electrons. The Bertz CT molecular complexity index is 409. The SMILES string of the molecule is CCc1cccc(NC(=O)C2CCC(N)CC2)c1. The van der Waals surface area contributed by atoms with Crippen LogP contribution in [0.25, 0.3) is 0 Å². The van der Waals surface area contributed by atoms with Crippen LogP contribution >= 0.6 is 0 Å². The van der Waals surface area contributed by atoms with Crippen LogP contribution in [0, 0.1) is 5.92 Å². The van der Waals surface area contributed by atoms with Gasteiger partial charge in [-0.3, -0.25) is 4.79 Å². The van der Waals surface area contributed by atoms with Crippen LogP contribution < -0.4 is 11.1 Å². The van der Waals surface area contributed by atoms with Crippen LogP contribution in [0.3, 0.4) is 0 Å². The van der Waals surface area contributed by atoms with Crippen molar-refractivity contribution in [2.45, 2.75) is 45.1 Å². The number of aryl methyl sites for hydroxylation is 1. The van der Waals surface area contributed by atoms with E-state index in [1.165, 1.54) is 5.56 Å². The van der Waals surface area contributed by atoms with Gasteiger partial charge in [-0.2, -0.15) is 0 Å². The minimum Gasteiger partial charge on any atom is -0.328 e. The van der Waals surface area contributed by atoms with Crippen LogP contribution in [-0.2, 0) is 11.2 Å². The van der Waals surface area contributed by atoms with Crippen molar-refractivity contribution in [3.63, 3.8) is 0 Å². The number of nitrogens with one attached hydrogen (secondary N) is 1. The Morgan fingerprint density at radius 3 is 2.72 bits per heavy atom. The molecule has 0 aliphatic heterocycles. The van der Waals surface area contributed by atoms with Crippen molar-refractivity contribution in [2.24, 2.45) is 11.7 Å². The predicted octanol–water partition coefficient (Wildman–Crippen LogP) is 2.71. The molecule has 3 heteroatoms. The number of amides is 1. The normalized spacial score (nSPS) is 23.7. The van der Waals surface area contributed by atoms with Crippen LogP contribution in [-0.4, -0.2) is 11.9 Å². The average Bonchev–Trinajstić information content (AvgIpc) is 2.39. The summed E-state index contributed by atoms with van der Waals surface area (Å²) in [5.74, 6) is 0.283. The van der Waals surface area contributed by atoms with E-state index in [9.17, 15) is 4.79 Å². The zero-order chi connectivity index (χ0) is 13.0. The van der Waals surface area contributed by atoms with E-state index in [0.29, 0.717) is 0 Å². The first-order chi connectivity index (χ1) is 8.69. The molecule has 0 unspecified atom stereocenters. The molecule has 0 bridgehead atoms. The number of carbonyl (C=O) groups excluding carboxylic acids is 1. The van der Waals surface area contributed by atoms with Crippen LogP contribution in [0.2, 0.25) is 0 Å². The Morgan fingerprint density at radius 1 is 1.33 bits per heavy atom. The highest BCUT2D eigenvalue weighted by molar-refractivity contribution is 5.92. The van der Waals surface area contributed by atoms with E-state index in [1.54, 1.807) is 0 Å². The van der Waals surface area contributed by atoms with Gasteiger partial charge in [0.15, 0.2) is 0 Å². The average molecular weight is 246 g/mol. The van der Waals surface area contributed by atoms with Crippen molar-refractivity contribution in [1.29, 1.82) is 0 Å². The largest absolute Gasteiger partial charge is 0.328 e. The number of hydrogen-bond acceptors (Lipinski definition) is 2. The van der Waals surface area contributed by atoms with Crippen molar-refractivity contribution < 1.29 is 4.79 Å². The Hall–Kier alpha value is -1.35. The van der Waals surface area contributed by atoms with Crippen LogP contribution in [0.4, 0.5) is 5.69 Å². The Labute approximate surface area is 109 Å². The molecule has 3 N–H and O–H groups in total. The topological polar surface area (TPSA) is 55.1 Å². The molecule has 1 amide bonds. The second-order valence-corrected chi connectivity index (χ2v) is 5.15. The van der Waals surface area contributed by atoms with Crippen LogP contribution in [0.1, 0.15) is 38.2 Å². The fourth-order valence-corrected chi connectivity index (χ4v) is 2.49. The molecule has 0 saturated heterocycles. The van der Waals surface area contributed by atoms with Gasteiger partial charge >= 0.3 is 0 Å². The molecule has 18 heavy (non-hydrogen) atoms. The number of rotatable bonds is 3. The molecular formula is C15H22N2O. The van der Waals surface area contributed by atoms with Gasteiger partial charge in [0.05, 0.1) is 0 Å². The summed E-state index contributed by atoms with van der Waals surface area (Å²) in [7, 11) is 0. The lowest BCUT2D eigenvalue weighted by molar-refractivity contribution is -0.120. The molecule has 1 aromatic carbocycles. The third kappa shape index (κ3) is 3.33. The molecule has 0 heterocycles. The van der Waals surface area contributed by atoms with E-state index in [0.717, 1.165) is 37.8 Å². The van der Waals surface area contributed by atoms with Gasteiger partial charge in [-0.15, -0.1) is 0 Å². The number of benzene rings is 1. The first-order valence-electron chi connectivity index (χ1n) is 6.84. The molecule has 0 spiro atoms. The number of anilines is 1. The Balaban J connectivity index is 1.94. The number of nitrogens with two attached hydrogens (primary N) is 1. The molecule has 0 aromatic heterocycles. The van der Waals surface area contributed by atoms with Gasteiger partial charge < -0.3 is 11.1 Å². The lowest BCUT2D eigenvalue weighted by atomic mass is 9.86.